The second kappa shape index (κ2) is 6.68. The number of nitrogens with one attached hydrogen (secondary N) is 2. The molecule has 0 atom stereocenters. The highest BCUT2D eigenvalue weighted by atomic mass is 16.5. The first kappa shape index (κ1) is 14.0. The summed E-state index contributed by atoms with van der Waals surface area (Å²) in [5.41, 5.74) is 2.66. The topological polar surface area (TPSA) is 70.2 Å². The van der Waals surface area contributed by atoms with E-state index in [1.807, 2.05) is 13.8 Å². The smallest absolute Gasteiger partial charge is 0.274 e. The van der Waals surface area contributed by atoms with Crippen LogP contribution in [0.1, 0.15) is 35.6 Å². The molecule has 2 N–H and O–H groups in total. The standard InChI is InChI=1S/C13H22N4O2/c1-3-17(7-8-19-4-2)13(18)12-10-9-14-6-5-11(10)15-16-12/h14H,3-9H2,1-2H3,(H,15,16). The number of nitrogens with zero attached hydrogens (tertiary/aromatic N) is 2. The summed E-state index contributed by atoms with van der Waals surface area (Å²) in [6.45, 7) is 8.10. The Labute approximate surface area is 113 Å². The van der Waals surface area contributed by atoms with Gasteiger partial charge in [-0.05, 0) is 13.8 Å². The molecule has 1 aliphatic heterocycles. The zero-order valence-electron chi connectivity index (χ0n) is 11.7. The van der Waals surface area contributed by atoms with Gasteiger partial charge < -0.3 is 15.0 Å². The van der Waals surface area contributed by atoms with Crippen LogP contribution in [0.25, 0.3) is 0 Å². The molecule has 2 rings (SSSR count). The van der Waals surface area contributed by atoms with E-state index in [-0.39, 0.29) is 5.91 Å². The molecule has 106 valence electrons. The third kappa shape index (κ3) is 3.13. The Kier molecular flexibility index (Phi) is 4.93. The number of hydrogen-bond acceptors (Lipinski definition) is 4. The highest BCUT2D eigenvalue weighted by Gasteiger charge is 2.24. The zero-order valence-corrected chi connectivity index (χ0v) is 11.7. The lowest BCUT2D eigenvalue weighted by Gasteiger charge is -2.21. The molecule has 0 spiro atoms. The number of aromatic nitrogens is 2. The molecule has 0 aromatic carbocycles. The molecular weight excluding hydrogens is 244 g/mol. The van der Waals surface area contributed by atoms with Gasteiger partial charge in [-0.3, -0.25) is 9.89 Å². The molecule has 0 fully saturated rings. The molecule has 6 nitrogen and oxygen atoms in total. The number of rotatable bonds is 6. The first-order valence-electron chi connectivity index (χ1n) is 6.91. The molecule has 1 aromatic heterocycles. The van der Waals surface area contributed by atoms with Crippen molar-refractivity contribution < 1.29 is 9.53 Å². The van der Waals surface area contributed by atoms with Crippen LogP contribution in [-0.4, -0.2) is 53.9 Å². The molecule has 0 aliphatic carbocycles. The predicted octanol–water partition coefficient (Wildman–Crippen LogP) is 0.554. The third-order valence-electron chi connectivity index (χ3n) is 3.39. The second-order valence-corrected chi connectivity index (χ2v) is 4.54. The van der Waals surface area contributed by atoms with Crippen LogP contribution in [0.5, 0.6) is 0 Å². The quantitative estimate of drug-likeness (QED) is 0.738. The Morgan fingerprint density at radius 3 is 3.05 bits per heavy atom. The van der Waals surface area contributed by atoms with Crippen molar-refractivity contribution in [2.75, 3.05) is 32.8 Å². The highest BCUT2D eigenvalue weighted by Crippen LogP contribution is 2.16. The lowest BCUT2D eigenvalue weighted by atomic mass is 10.1. The number of amides is 1. The molecule has 2 heterocycles. The monoisotopic (exact) mass is 266 g/mol. The van der Waals surface area contributed by atoms with E-state index >= 15 is 0 Å². The Morgan fingerprint density at radius 2 is 2.32 bits per heavy atom. The number of fused-ring (bicyclic) bond motifs is 1. The molecular formula is C13H22N4O2. The number of hydrogen-bond donors (Lipinski definition) is 2. The van der Waals surface area contributed by atoms with Gasteiger partial charge in [0.15, 0.2) is 5.69 Å². The van der Waals surface area contributed by atoms with E-state index in [2.05, 4.69) is 15.5 Å². The lowest BCUT2D eigenvalue weighted by Crippen LogP contribution is -2.35. The number of carbonyl (C=O) groups is 1. The predicted molar refractivity (Wildman–Crippen MR) is 72.1 cm³/mol. The van der Waals surface area contributed by atoms with Crippen LogP contribution in [-0.2, 0) is 17.7 Å². The number of H-pyrrole nitrogens is 1. The van der Waals surface area contributed by atoms with E-state index in [9.17, 15) is 4.79 Å². The Hall–Kier alpha value is -1.40. The van der Waals surface area contributed by atoms with Crippen molar-refractivity contribution in [3.05, 3.63) is 17.0 Å². The van der Waals surface area contributed by atoms with Crippen LogP contribution in [0.2, 0.25) is 0 Å². The van der Waals surface area contributed by atoms with Gasteiger partial charge >= 0.3 is 0 Å². The first-order chi connectivity index (χ1) is 9.27. The molecule has 19 heavy (non-hydrogen) atoms. The van der Waals surface area contributed by atoms with E-state index in [0.29, 0.717) is 32.0 Å². The fraction of sp³-hybridized carbons (Fsp3) is 0.692. The van der Waals surface area contributed by atoms with Crippen molar-refractivity contribution in [2.45, 2.75) is 26.8 Å². The second-order valence-electron chi connectivity index (χ2n) is 4.54. The molecule has 0 saturated carbocycles. The van der Waals surface area contributed by atoms with Gasteiger partial charge in [-0.25, -0.2) is 0 Å². The number of likely N-dealkylation sites (N-methyl/N-ethyl adjacent to an activating group) is 1. The van der Waals surface area contributed by atoms with Gasteiger partial charge in [0.25, 0.3) is 5.91 Å². The van der Waals surface area contributed by atoms with Gasteiger partial charge in [-0.15, -0.1) is 0 Å². The minimum absolute atomic E-state index is 0.0107. The molecule has 0 radical (unpaired) electrons. The molecule has 1 aliphatic rings. The molecule has 1 aromatic rings. The summed E-state index contributed by atoms with van der Waals surface area (Å²) >= 11 is 0. The maximum atomic E-state index is 12.5. The van der Waals surface area contributed by atoms with Crippen LogP contribution < -0.4 is 5.32 Å². The van der Waals surface area contributed by atoms with E-state index in [4.69, 9.17) is 4.74 Å². The van der Waals surface area contributed by atoms with Gasteiger partial charge in [-0.2, -0.15) is 5.10 Å². The van der Waals surface area contributed by atoms with Crippen molar-refractivity contribution >= 4 is 5.91 Å². The van der Waals surface area contributed by atoms with E-state index in [1.165, 1.54) is 0 Å². The van der Waals surface area contributed by atoms with Crippen LogP contribution in [0, 0.1) is 0 Å². The summed E-state index contributed by atoms with van der Waals surface area (Å²) < 4.78 is 5.31. The summed E-state index contributed by atoms with van der Waals surface area (Å²) in [7, 11) is 0. The summed E-state index contributed by atoms with van der Waals surface area (Å²) in [6.07, 6.45) is 0.903. The molecule has 0 bridgehead atoms. The fourth-order valence-electron chi connectivity index (χ4n) is 2.27. The summed E-state index contributed by atoms with van der Waals surface area (Å²) in [5, 5.41) is 10.5. The number of aromatic amines is 1. The van der Waals surface area contributed by atoms with Crippen molar-refractivity contribution in [3.8, 4) is 0 Å². The summed E-state index contributed by atoms with van der Waals surface area (Å²) in [5.74, 6) is -0.0107. The molecule has 0 saturated heterocycles. The fourth-order valence-corrected chi connectivity index (χ4v) is 2.27. The van der Waals surface area contributed by atoms with Gasteiger partial charge in [0, 0.05) is 50.5 Å². The third-order valence-corrected chi connectivity index (χ3v) is 3.39. The van der Waals surface area contributed by atoms with E-state index < -0.39 is 0 Å². The lowest BCUT2D eigenvalue weighted by molar-refractivity contribution is 0.0662. The minimum atomic E-state index is -0.0107. The van der Waals surface area contributed by atoms with Gasteiger partial charge in [0.1, 0.15) is 0 Å². The Bertz CT molecular complexity index is 430. The first-order valence-corrected chi connectivity index (χ1v) is 6.91. The van der Waals surface area contributed by atoms with Gasteiger partial charge in [-0.1, -0.05) is 0 Å². The van der Waals surface area contributed by atoms with Crippen molar-refractivity contribution in [1.29, 1.82) is 0 Å². The maximum Gasteiger partial charge on any atom is 0.274 e. The van der Waals surface area contributed by atoms with E-state index in [0.717, 1.165) is 30.8 Å². The minimum Gasteiger partial charge on any atom is -0.380 e. The van der Waals surface area contributed by atoms with Crippen LogP contribution in [0.3, 0.4) is 0 Å². The average Bonchev–Trinajstić information content (AvgIpc) is 2.87. The molecule has 0 unspecified atom stereocenters. The van der Waals surface area contributed by atoms with Crippen molar-refractivity contribution in [1.82, 2.24) is 20.4 Å². The Morgan fingerprint density at radius 1 is 1.47 bits per heavy atom. The average molecular weight is 266 g/mol. The van der Waals surface area contributed by atoms with Crippen LogP contribution >= 0.6 is 0 Å². The zero-order chi connectivity index (χ0) is 13.7. The number of carbonyl (C=O) groups excluding carboxylic acids is 1. The highest BCUT2D eigenvalue weighted by molar-refractivity contribution is 5.94. The normalized spacial score (nSPS) is 14.2. The molecule has 1 amide bonds. The SMILES string of the molecule is CCOCCN(CC)C(=O)c1n[nH]c2c1CNCC2. The van der Waals surface area contributed by atoms with E-state index in [1.54, 1.807) is 4.90 Å². The van der Waals surface area contributed by atoms with Crippen LogP contribution in [0.4, 0.5) is 0 Å². The van der Waals surface area contributed by atoms with Gasteiger partial charge in [0.05, 0.1) is 6.61 Å². The van der Waals surface area contributed by atoms with Crippen molar-refractivity contribution in [2.24, 2.45) is 0 Å². The summed E-state index contributed by atoms with van der Waals surface area (Å²) in [6, 6.07) is 0. The number of ether oxygens (including phenoxy) is 1. The Balaban J connectivity index is 2.06. The van der Waals surface area contributed by atoms with Crippen LogP contribution in [0.15, 0.2) is 0 Å². The summed E-state index contributed by atoms with van der Waals surface area (Å²) in [4.78, 5) is 14.2. The largest absolute Gasteiger partial charge is 0.380 e. The van der Waals surface area contributed by atoms with Crippen molar-refractivity contribution in [3.63, 3.8) is 0 Å². The molecule has 6 heteroatoms. The van der Waals surface area contributed by atoms with Gasteiger partial charge in [0.2, 0.25) is 0 Å². The maximum absolute atomic E-state index is 12.5.